The zero-order valence-electron chi connectivity index (χ0n) is 14.1. The molecule has 6 nitrogen and oxygen atoms in total. The van der Waals surface area contributed by atoms with E-state index in [2.05, 4.69) is 43.1 Å². The lowest BCUT2D eigenvalue weighted by Gasteiger charge is -2.36. The van der Waals surface area contributed by atoms with Crippen LogP contribution >= 0.6 is 0 Å². The first kappa shape index (κ1) is 14.8. The summed E-state index contributed by atoms with van der Waals surface area (Å²) in [7, 11) is 0. The Balaban J connectivity index is 1.25. The van der Waals surface area contributed by atoms with Crippen molar-refractivity contribution in [2.75, 3.05) is 31.1 Å². The van der Waals surface area contributed by atoms with Gasteiger partial charge in [-0.1, -0.05) is 5.16 Å². The smallest absolute Gasteiger partial charge is 0.144 e. The van der Waals surface area contributed by atoms with Gasteiger partial charge in [-0.05, 0) is 31.0 Å². The Labute approximate surface area is 146 Å². The molecular weight excluding hydrogens is 314 g/mol. The maximum atomic E-state index is 5.46. The van der Waals surface area contributed by atoms with Gasteiger partial charge < -0.3 is 9.42 Å². The second kappa shape index (κ2) is 6.11. The first-order valence-electron chi connectivity index (χ1n) is 8.97. The minimum atomic E-state index is 0.624. The quantitative estimate of drug-likeness (QED) is 0.731. The van der Waals surface area contributed by atoms with Crippen LogP contribution in [0, 0.1) is 0 Å². The van der Waals surface area contributed by atoms with E-state index < -0.39 is 0 Å². The lowest BCUT2D eigenvalue weighted by molar-refractivity contribution is 0.247. The highest BCUT2D eigenvalue weighted by Crippen LogP contribution is 2.41. The van der Waals surface area contributed by atoms with Crippen LogP contribution in [-0.2, 0) is 6.54 Å². The molecule has 128 valence electrons. The van der Waals surface area contributed by atoms with Gasteiger partial charge in [0.1, 0.15) is 12.1 Å². The van der Waals surface area contributed by atoms with Crippen molar-refractivity contribution in [1.82, 2.24) is 20.0 Å². The van der Waals surface area contributed by atoms with Crippen molar-refractivity contribution in [2.24, 2.45) is 0 Å². The van der Waals surface area contributed by atoms with E-state index in [1.807, 2.05) is 12.4 Å². The van der Waals surface area contributed by atoms with E-state index in [0.717, 1.165) is 49.4 Å². The van der Waals surface area contributed by atoms with Gasteiger partial charge in [-0.3, -0.25) is 4.90 Å². The van der Waals surface area contributed by atoms with Crippen LogP contribution in [0.3, 0.4) is 0 Å². The summed E-state index contributed by atoms with van der Waals surface area (Å²) < 4.78 is 5.46. The molecule has 0 N–H and O–H groups in total. The molecular formula is C19H21N5O. The molecule has 1 saturated heterocycles. The second-order valence-corrected chi connectivity index (χ2v) is 7.02. The third kappa shape index (κ3) is 2.98. The van der Waals surface area contributed by atoms with Gasteiger partial charge in [0.15, 0.2) is 0 Å². The number of anilines is 1. The molecule has 0 unspecified atom stereocenters. The third-order valence-electron chi connectivity index (χ3n) is 5.24. The fourth-order valence-corrected chi connectivity index (χ4v) is 3.64. The Morgan fingerprint density at radius 1 is 1.08 bits per heavy atom. The summed E-state index contributed by atoms with van der Waals surface area (Å²) >= 11 is 0. The third-order valence-corrected chi connectivity index (χ3v) is 5.24. The lowest BCUT2D eigenvalue weighted by atomic mass is 10.1. The summed E-state index contributed by atoms with van der Waals surface area (Å²) in [6.45, 7) is 5.12. The molecule has 1 aliphatic carbocycles. The van der Waals surface area contributed by atoms with Crippen molar-refractivity contribution in [2.45, 2.75) is 25.3 Å². The van der Waals surface area contributed by atoms with Crippen molar-refractivity contribution in [3.05, 3.63) is 48.2 Å². The largest absolute Gasteiger partial charge is 0.369 e. The summed E-state index contributed by atoms with van der Waals surface area (Å²) in [5, 5.41) is 5.11. The monoisotopic (exact) mass is 335 g/mol. The van der Waals surface area contributed by atoms with Crippen LogP contribution < -0.4 is 4.90 Å². The second-order valence-electron chi connectivity index (χ2n) is 7.02. The van der Waals surface area contributed by atoms with Gasteiger partial charge in [0.05, 0.1) is 11.7 Å². The zero-order chi connectivity index (χ0) is 16.6. The number of hydrogen-bond donors (Lipinski definition) is 0. The van der Waals surface area contributed by atoms with Crippen LogP contribution in [0.25, 0.3) is 10.9 Å². The molecule has 1 saturated carbocycles. The number of piperazine rings is 1. The molecule has 3 heterocycles. The summed E-state index contributed by atoms with van der Waals surface area (Å²) in [4.78, 5) is 13.4. The maximum absolute atomic E-state index is 5.46. The van der Waals surface area contributed by atoms with Gasteiger partial charge in [0.25, 0.3) is 0 Å². The van der Waals surface area contributed by atoms with Crippen molar-refractivity contribution in [3.63, 3.8) is 0 Å². The number of benzene rings is 1. The molecule has 0 amide bonds. The predicted molar refractivity (Wildman–Crippen MR) is 95.5 cm³/mol. The maximum Gasteiger partial charge on any atom is 0.144 e. The predicted octanol–water partition coefficient (Wildman–Crippen LogP) is 2.82. The highest BCUT2D eigenvalue weighted by atomic mass is 16.5. The standard InChI is InChI=1S/C19H21N5O/c1-2-14(1)19-16(11-22-25-19)12-23-5-7-24(8-6-23)17-3-4-18-15(9-17)10-20-13-21-18/h3-4,9-11,13-14H,1-2,5-8,12H2. The van der Waals surface area contributed by atoms with Crippen molar-refractivity contribution < 1.29 is 4.52 Å². The SMILES string of the molecule is c1ncc2cc(N3CCN(Cc4cnoc4C4CC4)CC3)ccc2n1. The van der Waals surface area contributed by atoms with Crippen LogP contribution in [0.2, 0.25) is 0 Å². The fourth-order valence-electron chi connectivity index (χ4n) is 3.64. The normalized spacial score (nSPS) is 18.8. The number of nitrogens with zero attached hydrogens (tertiary/aromatic N) is 5. The fraction of sp³-hybridized carbons (Fsp3) is 0.421. The molecule has 0 spiro atoms. The molecule has 2 aromatic heterocycles. The van der Waals surface area contributed by atoms with E-state index in [4.69, 9.17) is 4.52 Å². The number of rotatable bonds is 4. The Kier molecular flexibility index (Phi) is 3.63. The summed E-state index contributed by atoms with van der Waals surface area (Å²) in [5.74, 6) is 1.75. The van der Waals surface area contributed by atoms with E-state index in [9.17, 15) is 0 Å². The van der Waals surface area contributed by atoms with E-state index in [0.29, 0.717) is 5.92 Å². The molecule has 5 rings (SSSR count). The average Bonchev–Trinajstić information content (AvgIpc) is 3.41. The number of fused-ring (bicyclic) bond motifs is 1. The molecule has 1 aliphatic heterocycles. The van der Waals surface area contributed by atoms with E-state index in [1.165, 1.54) is 24.1 Å². The Hall–Kier alpha value is -2.47. The van der Waals surface area contributed by atoms with Crippen LogP contribution in [-0.4, -0.2) is 46.2 Å². The van der Waals surface area contributed by atoms with Crippen LogP contribution in [0.5, 0.6) is 0 Å². The highest BCUT2D eigenvalue weighted by molar-refractivity contribution is 5.81. The average molecular weight is 335 g/mol. The first-order chi connectivity index (χ1) is 12.4. The van der Waals surface area contributed by atoms with E-state index in [1.54, 1.807) is 6.33 Å². The Bertz CT molecular complexity index is 880. The zero-order valence-corrected chi connectivity index (χ0v) is 14.1. The topological polar surface area (TPSA) is 58.3 Å². The van der Waals surface area contributed by atoms with Gasteiger partial charge >= 0.3 is 0 Å². The molecule has 0 radical (unpaired) electrons. The molecule has 2 fully saturated rings. The summed E-state index contributed by atoms with van der Waals surface area (Å²) in [5.41, 5.74) is 3.53. The molecule has 25 heavy (non-hydrogen) atoms. The number of hydrogen-bond acceptors (Lipinski definition) is 6. The van der Waals surface area contributed by atoms with Gasteiger partial charge in [-0.15, -0.1) is 0 Å². The molecule has 0 bridgehead atoms. The van der Waals surface area contributed by atoms with Crippen LogP contribution in [0.1, 0.15) is 30.1 Å². The van der Waals surface area contributed by atoms with Crippen molar-refractivity contribution in [1.29, 1.82) is 0 Å². The van der Waals surface area contributed by atoms with Crippen molar-refractivity contribution >= 4 is 16.6 Å². The molecule has 6 heteroatoms. The van der Waals surface area contributed by atoms with Gasteiger partial charge in [-0.25, -0.2) is 9.97 Å². The summed E-state index contributed by atoms with van der Waals surface area (Å²) in [6.07, 6.45) is 7.89. The summed E-state index contributed by atoms with van der Waals surface area (Å²) in [6, 6.07) is 6.43. The highest BCUT2D eigenvalue weighted by Gasteiger charge is 2.31. The van der Waals surface area contributed by atoms with Gasteiger partial charge in [0.2, 0.25) is 0 Å². The molecule has 1 aromatic carbocycles. The Morgan fingerprint density at radius 2 is 1.96 bits per heavy atom. The minimum Gasteiger partial charge on any atom is -0.369 e. The van der Waals surface area contributed by atoms with Gasteiger partial charge in [-0.2, -0.15) is 0 Å². The lowest BCUT2D eigenvalue weighted by Crippen LogP contribution is -2.46. The number of aromatic nitrogens is 3. The van der Waals surface area contributed by atoms with Crippen molar-refractivity contribution in [3.8, 4) is 0 Å². The van der Waals surface area contributed by atoms with Crippen LogP contribution in [0.15, 0.2) is 41.4 Å². The van der Waals surface area contributed by atoms with E-state index in [-0.39, 0.29) is 0 Å². The minimum absolute atomic E-state index is 0.624. The molecule has 3 aromatic rings. The van der Waals surface area contributed by atoms with E-state index >= 15 is 0 Å². The molecule has 2 aliphatic rings. The first-order valence-corrected chi connectivity index (χ1v) is 8.97. The molecule has 0 atom stereocenters. The van der Waals surface area contributed by atoms with Gasteiger partial charge in [0, 0.05) is 61.5 Å². The Morgan fingerprint density at radius 3 is 2.80 bits per heavy atom. The van der Waals surface area contributed by atoms with Crippen LogP contribution in [0.4, 0.5) is 5.69 Å².